The number of benzene rings is 2. The lowest BCUT2D eigenvalue weighted by Crippen LogP contribution is -2.20. The molecular weight excluding hydrogens is 472 g/mol. The van der Waals surface area contributed by atoms with Gasteiger partial charge < -0.3 is 4.42 Å². The van der Waals surface area contributed by atoms with Gasteiger partial charge in [0.15, 0.2) is 5.78 Å². The van der Waals surface area contributed by atoms with Crippen LogP contribution in [0.2, 0.25) is 5.02 Å². The van der Waals surface area contributed by atoms with E-state index in [2.05, 4.69) is 16.3 Å². The minimum Gasteiger partial charge on any atom is -0.448 e. The van der Waals surface area contributed by atoms with Gasteiger partial charge in [-0.15, -0.1) is 0 Å². The maximum Gasteiger partial charge on any atom is 0.261 e. The Morgan fingerprint density at radius 3 is 2.47 bits per heavy atom. The number of hydrogen-bond donors (Lipinski definition) is 1. The van der Waals surface area contributed by atoms with E-state index in [4.69, 9.17) is 16.0 Å². The summed E-state index contributed by atoms with van der Waals surface area (Å²) < 4.78 is 34.2. The van der Waals surface area contributed by atoms with E-state index in [-0.39, 0.29) is 21.9 Å². The van der Waals surface area contributed by atoms with Crippen LogP contribution in [0.3, 0.4) is 0 Å². The molecule has 0 aliphatic carbocycles. The van der Waals surface area contributed by atoms with E-state index in [9.17, 15) is 13.2 Å². The normalized spacial score (nSPS) is 12.6. The van der Waals surface area contributed by atoms with Crippen molar-refractivity contribution in [2.75, 3.05) is 4.72 Å². The smallest absolute Gasteiger partial charge is 0.261 e. The first-order valence-electron chi connectivity index (χ1n) is 10.4. The number of rotatable bonds is 9. The summed E-state index contributed by atoms with van der Waals surface area (Å²) in [5.41, 5.74) is 0.887. The second-order valence-electron chi connectivity index (χ2n) is 7.97. The molecule has 0 saturated carbocycles. The summed E-state index contributed by atoms with van der Waals surface area (Å²) in [5, 5.41) is 0.308. The minimum atomic E-state index is -3.99. The van der Waals surface area contributed by atoms with Crippen molar-refractivity contribution in [3.63, 3.8) is 0 Å². The summed E-state index contributed by atoms with van der Waals surface area (Å²) in [6.07, 6.45) is 9.44. The number of oxazole rings is 1. The summed E-state index contributed by atoms with van der Waals surface area (Å²) in [6, 6.07) is 10.8. The molecule has 0 amide bonds. The lowest BCUT2D eigenvalue weighted by molar-refractivity contribution is 0.103. The third-order valence-electron chi connectivity index (χ3n) is 5.23. The van der Waals surface area contributed by atoms with E-state index in [1.807, 2.05) is 13.8 Å². The van der Waals surface area contributed by atoms with E-state index in [0.717, 1.165) is 5.56 Å². The molecule has 0 aliphatic heterocycles. The molecule has 2 aromatic carbocycles. The van der Waals surface area contributed by atoms with Crippen LogP contribution in [0.1, 0.15) is 42.6 Å². The van der Waals surface area contributed by atoms with Crippen molar-refractivity contribution in [3.8, 4) is 0 Å². The van der Waals surface area contributed by atoms with Gasteiger partial charge in [-0.3, -0.25) is 9.52 Å². The Bertz CT molecular complexity index is 1350. The van der Waals surface area contributed by atoms with E-state index in [1.165, 1.54) is 42.7 Å². The zero-order chi connectivity index (χ0) is 24.9. The number of carbonyl (C=O) groups is 1. The highest BCUT2D eigenvalue weighted by atomic mass is 35.5. The molecule has 1 heterocycles. The zero-order valence-electron chi connectivity index (χ0n) is 19.1. The van der Waals surface area contributed by atoms with Crippen LogP contribution in [0, 0.1) is 0 Å². The standard InChI is InChI=1S/C26H25ClN2O4S/c1-5-7-18(8-6-2)24(30)22-17-20(27)11-14-23(22)29-34(31,32)21-12-9-19(10-13-21)26(3,4)25-28-15-16-33-25/h5-17,29H,1H2,2-4H3/b8-6-,18-7+. The Morgan fingerprint density at radius 2 is 1.88 bits per heavy atom. The molecule has 0 spiro atoms. The molecule has 0 aliphatic rings. The summed E-state index contributed by atoms with van der Waals surface area (Å²) >= 11 is 6.11. The average Bonchev–Trinajstić information content (AvgIpc) is 3.36. The predicted octanol–water partition coefficient (Wildman–Crippen LogP) is 6.33. The van der Waals surface area contributed by atoms with Crippen molar-refractivity contribution in [1.29, 1.82) is 0 Å². The molecule has 34 heavy (non-hydrogen) atoms. The molecule has 0 saturated heterocycles. The van der Waals surface area contributed by atoms with Crippen molar-refractivity contribution >= 4 is 33.1 Å². The zero-order valence-corrected chi connectivity index (χ0v) is 20.7. The summed E-state index contributed by atoms with van der Waals surface area (Å²) in [7, 11) is -3.99. The Hall–Kier alpha value is -3.42. The quantitative estimate of drug-likeness (QED) is 0.212. The fourth-order valence-electron chi connectivity index (χ4n) is 3.37. The second-order valence-corrected chi connectivity index (χ2v) is 10.1. The third-order valence-corrected chi connectivity index (χ3v) is 6.85. The molecule has 0 atom stereocenters. The van der Waals surface area contributed by atoms with Gasteiger partial charge in [-0.2, -0.15) is 0 Å². The van der Waals surface area contributed by atoms with Gasteiger partial charge in [-0.1, -0.05) is 54.6 Å². The number of anilines is 1. The van der Waals surface area contributed by atoms with Crippen molar-refractivity contribution in [2.24, 2.45) is 0 Å². The highest BCUT2D eigenvalue weighted by molar-refractivity contribution is 7.92. The number of sulfonamides is 1. The molecule has 0 unspecified atom stereocenters. The summed E-state index contributed by atoms with van der Waals surface area (Å²) in [5.74, 6) is 0.135. The van der Waals surface area contributed by atoms with Crippen LogP contribution in [-0.4, -0.2) is 19.2 Å². The van der Waals surface area contributed by atoms with Gasteiger partial charge in [0.2, 0.25) is 5.89 Å². The molecule has 8 heteroatoms. The van der Waals surface area contributed by atoms with Crippen LogP contribution in [0.15, 0.2) is 101 Å². The number of Topliss-reactive ketones (excluding diaryl/α,β-unsaturated/α-hetero) is 1. The molecule has 1 N–H and O–H groups in total. The monoisotopic (exact) mass is 496 g/mol. The average molecular weight is 497 g/mol. The Labute approximate surface area is 204 Å². The first-order chi connectivity index (χ1) is 16.1. The summed E-state index contributed by atoms with van der Waals surface area (Å²) in [6.45, 7) is 9.28. The second kappa shape index (κ2) is 10.2. The highest BCUT2D eigenvalue weighted by Crippen LogP contribution is 2.31. The highest BCUT2D eigenvalue weighted by Gasteiger charge is 2.28. The van der Waals surface area contributed by atoms with Gasteiger partial charge in [0.1, 0.15) is 6.26 Å². The first kappa shape index (κ1) is 25.2. The predicted molar refractivity (Wildman–Crippen MR) is 135 cm³/mol. The Kier molecular flexibility index (Phi) is 7.59. The van der Waals surface area contributed by atoms with Crippen LogP contribution in [-0.2, 0) is 15.4 Å². The SMILES string of the molecule is C=C/C=C(\C=C/C)C(=O)c1cc(Cl)ccc1NS(=O)(=O)c1ccc(C(C)(C)c2ncco2)cc1. The number of ketones is 1. The molecule has 3 aromatic rings. The van der Waals surface area contributed by atoms with Crippen molar-refractivity contribution < 1.29 is 17.6 Å². The maximum atomic E-state index is 13.1. The lowest BCUT2D eigenvalue weighted by Gasteiger charge is -2.21. The van der Waals surface area contributed by atoms with Gasteiger partial charge in [-0.25, -0.2) is 13.4 Å². The van der Waals surface area contributed by atoms with Crippen LogP contribution in [0.4, 0.5) is 5.69 Å². The first-order valence-corrected chi connectivity index (χ1v) is 12.3. The molecule has 6 nitrogen and oxygen atoms in total. The van der Waals surface area contributed by atoms with Crippen molar-refractivity contribution in [2.45, 2.75) is 31.1 Å². The van der Waals surface area contributed by atoms with E-state index < -0.39 is 15.4 Å². The van der Waals surface area contributed by atoms with Crippen LogP contribution < -0.4 is 4.72 Å². The minimum absolute atomic E-state index is 0.0446. The van der Waals surface area contributed by atoms with Crippen LogP contribution in [0.25, 0.3) is 0 Å². The number of aromatic nitrogens is 1. The van der Waals surface area contributed by atoms with Crippen LogP contribution in [0.5, 0.6) is 0 Å². The fraction of sp³-hybridized carbons (Fsp3) is 0.154. The lowest BCUT2D eigenvalue weighted by atomic mass is 9.84. The molecule has 0 fully saturated rings. The third kappa shape index (κ3) is 5.38. The molecular formula is C26H25ClN2O4S. The van der Waals surface area contributed by atoms with E-state index in [0.29, 0.717) is 16.5 Å². The van der Waals surface area contributed by atoms with Gasteiger partial charge in [0.25, 0.3) is 10.0 Å². The Balaban J connectivity index is 1.95. The molecule has 0 bridgehead atoms. The number of hydrogen-bond acceptors (Lipinski definition) is 5. The number of nitrogens with one attached hydrogen (secondary N) is 1. The number of halogens is 1. The molecule has 176 valence electrons. The van der Waals surface area contributed by atoms with E-state index in [1.54, 1.807) is 43.5 Å². The van der Waals surface area contributed by atoms with Crippen molar-refractivity contribution in [3.05, 3.63) is 113 Å². The summed E-state index contributed by atoms with van der Waals surface area (Å²) in [4.78, 5) is 17.4. The fourth-order valence-corrected chi connectivity index (χ4v) is 4.62. The van der Waals surface area contributed by atoms with Crippen molar-refractivity contribution in [1.82, 2.24) is 4.98 Å². The molecule has 0 radical (unpaired) electrons. The van der Waals surface area contributed by atoms with Gasteiger partial charge in [0.05, 0.1) is 22.2 Å². The van der Waals surface area contributed by atoms with E-state index >= 15 is 0 Å². The number of allylic oxidation sites excluding steroid dienone is 5. The molecule has 3 rings (SSSR count). The largest absolute Gasteiger partial charge is 0.448 e. The number of carbonyl (C=O) groups excluding carboxylic acids is 1. The molecule has 1 aromatic heterocycles. The maximum absolute atomic E-state index is 13.1. The van der Waals surface area contributed by atoms with Gasteiger partial charge in [0, 0.05) is 16.2 Å². The topological polar surface area (TPSA) is 89.3 Å². The number of nitrogens with zero attached hydrogens (tertiary/aromatic N) is 1. The Morgan fingerprint density at radius 1 is 1.18 bits per heavy atom. The van der Waals surface area contributed by atoms with Crippen LogP contribution >= 0.6 is 11.6 Å². The van der Waals surface area contributed by atoms with Gasteiger partial charge >= 0.3 is 0 Å². The van der Waals surface area contributed by atoms with Gasteiger partial charge in [-0.05, 0) is 56.7 Å².